The molecule has 17 heavy (non-hydrogen) atoms. The Kier molecular flexibility index (Phi) is 4.05. The van der Waals surface area contributed by atoms with Crippen molar-refractivity contribution in [3.8, 4) is 0 Å². The summed E-state index contributed by atoms with van der Waals surface area (Å²) in [6.45, 7) is 4.18. The van der Waals surface area contributed by atoms with Crippen molar-refractivity contribution in [1.82, 2.24) is 10.6 Å². The van der Waals surface area contributed by atoms with E-state index in [2.05, 4.69) is 17.6 Å². The van der Waals surface area contributed by atoms with Gasteiger partial charge in [-0.25, -0.2) is 0 Å². The van der Waals surface area contributed by atoms with Crippen LogP contribution in [0, 0.1) is 11.8 Å². The van der Waals surface area contributed by atoms with Crippen molar-refractivity contribution < 1.29 is 9.90 Å². The minimum atomic E-state index is -0.341. The maximum absolute atomic E-state index is 11.9. The van der Waals surface area contributed by atoms with Crippen LogP contribution in [-0.4, -0.2) is 36.2 Å². The highest BCUT2D eigenvalue weighted by Gasteiger charge is 2.36. The van der Waals surface area contributed by atoms with E-state index in [1.165, 1.54) is 6.42 Å². The molecule has 1 amide bonds. The SMILES string of the molecule is CC1CCCC(CO)(NC(=O)CC2CNC2)C1. The molecule has 2 unspecified atom stereocenters. The highest BCUT2D eigenvalue weighted by Crippen LogP contribution is 2.32. The van der Waals surface area contributed by atoms with Crippen LogP contribution in [-0.2, 0) is 4.79 Å². The van der Waals surface area contributed by atoms with Crippen LogP contribution in [0.25, 0.3) is 0 Å². The predicted molar refractivity (Wildman–Crippen MR) is 66.6 cm³/mol. The maximum Gasteiger partial charge on any atom is 0.220 e. The van der Waals surface area contributed by atoms with Gasteiger partial charge in [0.1, 0.15) is 0 Å². The lowest BCUT2D eigenvalue weighted by molar-refractivity contribution is -0.125. The van der Waals surface area contributed by atoms with E-state index < -0.39 is 0 Å². The predicted octanol–water partition coefficient (Wildman–Crippen LogP) is 0.653. The van der Waals surface area contributed by atoms with Gasteiger partial charge in [-0.3, -0.25) is 4.79 Å². The summed E-state index contributed by atoms with van der Waals surface area (Å²) < 4.78 is 0. The molecule has 2 fully saturated rings. The Bertz CT molecular complexity index is 279. The lowest BCUT2D eigenvalue weighted by Gasteiger charge is -2.40. The zero-order chi connectivity index (χ0) is 12.3. The van der Waals surface area contributed by atoms with E-state index in [4.69, 9.17) is 0 Å². The van der Waals surface area contributed by atoms with Gasteiger partial charge in [0, 0.05) is 6.42 Å². The van der Waals surface area contributed by atoms with Gasteiger partial charge in [0.15, 0.2) is 0 Å². The Labute approximate surface area is 103 Å². The summed E-state index contributed by atoms with van der Waals surface area (Å²) in [7, 11) is 0. The topological polar surface area (TPSA) is 61.4 Å². The number of carbonyl (C=O) groups is 1. The molecular weight excluding hydrogens is 216 g/mol. The quantitative estimate of drug-likeness (QED) is 0.676. The Morgan fingerprint density at radius 3 is 2.82 bits per heavy atom. The molecule has 2 rings (SSSR count). The minimum Gasteiger partial charge on any atom is -0.394 e. The Morgan fingerprint density at radius 1 is 1.53 bits per heavy atom. The summed E-state index contributed by atoms with van der Waals surface area (Å²) in [6, 6.07) is 0. The Hall–Kier alpha value is -0.610. The van der Waals surface area contributed by atoms with E-state index in [-0.39, 0.29) is 18.1 Å². The lowest BCUT2D eigenvalue weighted by atomic mass is 9.76. The summed E-state index contributed by atoms with van der Waals surface area (Å²) in [4.78, 5) is 11.9. The number of hydrogen-bond donors (Lipinski definition) is 3. The van der Waals surface area contributed by atoms with E-state index >= 15 is 0 Å². The first-order valence-electron chi connectivity index (χ1n) is 6.76. The van der Waals surface area contributed by atoms with Crippen molar-refractivity contribution >= 4 is 5.91 Å². The Balaban J connectivity index is 1.86. The first-order valence-corrected chi connectivity index (χ1v) is 6.76. The Morgan fingerprint density at radius 2 is 2.29 bits per heavy atom. The van der Waals surface area contributed by atoms with E-state index in [1.54, 1.807) is 0 Å². The normalized spacial score (nSPS) is 34.1. The van der Waals surface area contributed by atoms with Crippen LogP contribution >= 0.6 is 0 Å². The number of amides is 1. The second-order valence-electron chi connectivity index (χ2n) is 5.92. The zero-order valence-corrected chi connectivity index (χ0v) is 10.7. The van der Waals surface area contributed by atoms with E-state index in [0.717, 1.165) is 32.4 Å². The van der Waals surface area contributed by atoms with Gasteiger partial charge in [-0.1, -0.05) is 19.8 Å². The van der Waals surface area contributed by atoms with Crippen molar-refractivity contribution in [1.29, 1.82) is 0 Å². The smallest absolute Gasteiger partial charge is 0.220 e. The van der Waals surface area contributed by atoms with Crippen LogP contribution < -0.4 is 10.6 Å². The summed E-state index contributed by atoms with van der Waals surface area (Å²) in [5.74, 6) is 1.20. The molecule has 2 aliphatic rings. The van der Waals surface area contributed by atoms with Gasteiger partial charge < -0.3 is 15.7 Å². The van der Waals surface area contributed by atoms with E-state index in [1.807, 2.05) is 0 Å². The third-order valence-electron chi connectivity index (χ3n) is 4.14. The second-order valence-corrected chi connectivity index (χ2v) is 5.92. The molecule has 0 aromatic carbocycles. The highest BCUT2D eigenvalue weighted by atomic mass is 16.3. The molecule has 1 aliphatic heterocycles. The molecule has 0 spiro atoms. The number of rotatable bonds is 4. The van der Waals surface area contributed by atoms with Crippen LogP contribution in [0.4, 0.5) is 0 Å². The number of carbonyl (C=O) groups excluding carboxylic acids is 1. The van der Waals surface area contributed by atoms with Gasteiger partial charge in [0.25, 0.3) is 0 Å². The highest BCUT2D eigenvalue weighted by molar-refractivity contribution is 5.77. The average molecular weight is 240 g/mol. The van der Waals surface area contributed by atoms with Crippen molar-refractivity contribution in [2.45, 2.75) is 44.6 Å². The minimum absolute atomic E-state index is 0.0754. The summed E-state index contributed by atoms with van der Waals surface area (Å²) in [6.07, 6.45) is 4.75. The molecule has 4 heteroatoms. The molecule has 1 saturated heterocycles. The van der Waals surface area contributed by atoms with Crippen LogP contribution in [0.2, 0.25) is 0 Å². The average Bonchev–Trinajstić information content (AvgIpc) is 2.23. The maximum atomic E-state index is 11.9. The zero-order valence-electron chi connectivity index (χ0n) is 10.7. The third kappa shape index (κ3) is 3.19. The number of aliphatic hydroxyl groups excluding tert-OH is 1. The number of nitrogens with one attached hydrogen (secondary N) is 2. The van der Waals surface area contributed by atoms with Gasteiger partial charge in [-0.2, -0.15) is 0 Å². The third-order valence-corrected chi connectivity index (χ3v) is 4.14. The fourth-order valence-corrected chi connectivity index (χ4v) is 3.06. The summed E-state index contributed by atoms with van der Waals surface area (Å²) in [5, 5.41) is 15.9. The molecule has 1 aliphatic carbocycles. The molecule has 0 bridgehead atoms. The molecule has 1 saturated carbocycles. The van der Waals surface area contributed by atoms with Crippen molar-refractivity contribution in [2.24, 2.45) is 11.8 Å². The molecule has 98 valence electrons. The van der Waals surface area contributed by atoms with Gasteiger partial charge >= 0.3 is 0 Å². The van der Waals surface area contributed by atoms with E-state index in [0.29, 0.717) is 18.3 Å². The molecule has 1 heterocycles. The largest absolute Gasteiger partial charge is 0.394 e. The first kappa shape index (κ1) is 12.8. The molecule has 0 aromatic rings. The lowest BCUT2D eigenvalue weighted by Crippen LogP contribution is -2.55. The molecule has 0 aromatic heterocycles. The summed E-state index contributed by atoms with van der Waals surface area (Å²) in [5.41, 5.74) is -0.341. The number of hydrogen-bond acceptors (Lipinski definition) is 3. The first-order chi connectivity index (χ1) is 8.13. The second kappa shape index (κ2) is 5.36. The van der Waals surface area contributed by atoms with Crippen molar-refractivity contribution in [3.63, 3.8) is 0 Å². The monoisotopic (exact) mass is 240 g/mol. The fraction of sp³-hybridized carbons (Fsp3) is 0.923. The standard InChI is InChI=1S/C13H24N2O2/c1-10-3-2-4-13(6-10,9-16)15-12(17)5-11-7-14-8-11/h10-11,14,16H,2-9H2,1H3,(H,15,17). The van der Waals surface area contributed by atoms with Crippen LogP contribution in [0.15, 0.2) is 0 Å². The van der Waals surface area contributed by atoms with Crippen LogP contribution in [0.3, 0.4) is 0 Å². The number of aliphatic hydroxyl groups is 1. The molecule has 4 nitrogen and oxygen atoms in total. The van der Waals surface area contributed by atoms with Crippen LogP contribution in [0.1, 0.15) is 39.0 Å². The summed E-state index contributed by atoms with van der Waals surface area (Å²) >= 11 is 0. The van der Waals surface area contributed by atoms with Crippen molar-refractivity contribution in [2.75, 3.05) is 19.7 Å². The molecule has 0 radical (unpaired) electrons. The van der Waals surface area contributed by atoms with Crippen molar-refractivity contribution in [3.05, 3.63) is 0 Å². The van der Waals surface area contributed by atoms with Gasteiger partial charge in [0.05, 0.1) is 12.1 Å². The van der Waals surface area contributed by atoms with Gasteiger partial charge in [0.2, 0.25) is 5.91 Å². The van der Waals surface area contributed by atoms with Gasteiger partial charge in [-0.15, -0.1) is 0 Å². The molecular formula is C13H24N2O2. The molecule has 2 atom stereocenters. The fourth-order valence-electron chi connectivity index (χ4n) is 3.06. The van der Waals surface area contributed by atoms with Gasteiger partial charge in [-0.05, 0) is 37.8 Å². The van der Waals surface area contributed by atoms with Crippen LogP contribution in [0.5, 0.6) is 0 Å². The van der Waals surface area contributed by atoms with E-state index in [9.17, 15) is 9.90 Å². The molecule has 3 N–H and O–H groups in total.